The van der Waals surface area contributed by atoms with Gasteiger partial charge in [-0.25, -0.2) is 0 Å². The summed E-state index contributed by atoms with van der Waals surface area (Å²) in [6.07, 6.45) is 2.44. The average molecular weight is 261 g/mol. The van der Waals surface area contributed by atoms with Crippen molar-refractivity contribution in [1.82, 2.24) is 0 Å². The third kappa shape index (κ3) is 3.40. The summed E-state index contributed by atoms with van der Waals surface area (Å²) in [5.74, 6) is 0.724. The number of anilines is 3. The number of carbonyl (C=O) groups excluding carboxylic acids is 1. The second-order valence-electron chi connectivity index (χ2n) is 5.82. The molecule has 1 heterocycles. The van der Waals surface area contributed by atoms with Crippen LogP contribution in [-0.4, -0.2) is 11.9 Å². The van der Waals surface area contributed by atoms with Gasteiger partial charge in [0.05, 0.1) is 11.4 Å². The zero-order valence-electron chi connectivity index (χ0n) is 11.9. The van der Waals surface area contributed by atoms with E-state index in [1.54, 1.807) is 0 Å². The van der Waals surface area contributed by atoms with Gasteiger partial charge in [0, 0.05) is 18.2 Å². The summed E-state index contributed by atoms with van der Waals surface area (Å²) in [6.45, 7) is 6.59. The van der Waals surface area contributed by atoms with E-state index in [9.17, 15) is 4.79 Å². The molecule has 0 radical (unpaired) electrons. The molecule has 1 aromatic carbocycles. The number of nitrogen functional groups attached to an aromatic ring is 1. The Kier molecular flexibility index (Phi) is 3.98. The minimum atomic E-state index is 0.0702. The first-order chi connectivity index (χ1) is 8.95. The smallest absolute Gasteiger partial charge is 0.224 e. The first kappa shape index (κ1) is 13.7. The Hall–Kier alpha value is -1.71. The van der Waals surface area contributed by atoms with Gasteiger partial charge >= 0.3 is 0 Å². The van der Waals surface area contributed by atoms with Gasteiger partial charge in [0.1, 0.15) is 0 Å². The van der Waals surface area contributed by atoms with Crippen molar-refractivity contribution in [2.45, 2.75) is 46.1 Å². The van der Waals surface area contributed by atoms with Gasteiger partial charge in [-0.15, -0.1) is 0 Å². The number of fused-ring (bicyclic) bond motifs is 1. The highest BCUT2D eigenvalue weighted by molar-refractivity contribution is 5.95. The molecule has 1 amide bonds. The highest BCUT2D eigenvalue weighted by atomic mass is 16.1. The lowest BCUT2D eigenvalue weighted by molar-refractivity contribution is -0.116. The Balaban J connectivity index is 2.16. The van der Waals surface area contributed by atoms with Gasteiger partial charge in [0.25, 0.3) is 0 Å². The van der Waals surface area contributed by atoms with E-state index < -0.39 is 0 Å². The molecular weight excluding hydrogens is 238 g/mol. The third-order valence-corrected chi connectivity index (χ3v) is 3.40. The molecule has 0 aromatic heterocycles. The van der Waals surface area contributed by atoms with Gasteiger partial charge in [-0.2, -0.15) is 0 Å². The minimum absolute atomic E-state index is 0.0702. The topological polar surface area (TPSA) is 67.2 Å². The molecule has 1 aliphatic heterocycles. The van der Waals surface area contributed by atoms with Crippen LogP contribution in [0.2, 0.25) is 0 Å². The molecule has 1 unspecified atom stereocenters. The summed E-state index contributed by atoms with van der Waals surface area (Å²) in [6, 6.07) is 4.32. The number of rotatable bonds is 4. The van der Waals surface area contributed by atoms with E-state index in [1.807, 2.05) is 6.07 Å². The van der Waals surface area contributed by atoms with Crippen LogP contribution in [-0.2, 0) is 11.2 Å². The normalized spacial score (nSPS) is 15.9. The Morgan fingerprint density at radius 3 is 2.74 bits per heavy atom. The van der Waals surface area contributed by atoms with Crippen molar-refractivity contribution < 1.29 is 4.79 Å². The van der Waals surface area contributed by atoms with E-state index in [0.717, 1.165) is 29.8 Å². The molecule has 0 fully saturated rings. The van der Waals surface area contributed by atoms with E-state index in [0.29, 0.717) is 24.1 Å². The Morgan fingerprint density at radius 2 is 2.05 bits per heavy atom. The molecule has 0 saturated heterocycles. The number of amides is 1. The molecule has 4 nitrogen and oxygen atoms in total. The number of hydrogen-bond donors (Lipinski definition) is 3. The molecule has 19 heavy (non-hydrogen) atoms. The highest BCUT2D eigenvalue weighted by Crippen LogP contribution is 2.31. The number of nitrogens with two attached hydrogens (primary N) is 1. The van der Waals surface area contributed by atoms with Crippen LogP contribution >= 0.6 is 0 Å². The zero-order chi connectivity index (χ0) is 14.0. The van der Waals surface area contributed by atoms with Crippen molar-refractivity contribution in [2.75, 3.05) is 16.4 Å². The van der Waals surface area contributed by atoms with Crippen LogP contribution < -0.4 is 16.4 Å². The van der Waals surface area contributed by atoms with Gasteiger partial charge < -0.3 is 16.4 Å². The van der Waals surface area contributed by atoms with Crippen LogP contribution in [0.1, 0.15) is 39.2 Å². The molecule has 4 heteroatoms. The number of nitrogens with one attached hydrogen (secondary N) is 2. The quantitative estimate of drug-likeness (QED) is 0.730. The van der Waals surface area contributed by atoms with Crippen molar-refractivity contribution in [2.24, 2.45) is 5.92 Å². The zero-order valence-corrected chi connectivity index (χ0v) is 11.9. The van der Waals surface area contributed by atoms with Crippen molar-refractivity contribution in [1.29, 1.82) is 0 Å². The molecule has 0 bridgehead atoms. The monoisotopic (exact) mass is 261 g/mol. The fourth-order valence-corrected chi connectivity index (χ4v) is 2.60. The van der Waals surface area contributed by atoms with Gasteiger partial charge in [-0.3, -0.25) is 4.79 Å². The highest BCUT2D eigenvalue weighted by Gasteiger charge is 2.17. The minimum Gasteiger partial charge on any atom is -0.397 e. The summed E-state index contributed by atoms with van der Waals surface area (Å²) in [5, 5.41) is 6.33. The average Bonchev–Trinajstić information content (AvgIpc) is 2.29. The maximum atomic E-state index is 11.4. The standard InChI is InChI=1S/C15H23N3O/c1-9(2)6-10(3)17-14-7-11-4-5-15(19)18-13(11)8-12(14)16/h7-10,17H,4-6,16H2,1-3H3,(H,18,19). The molecule has 104 valence electrons. The second kappa shape index (κ2) is 5.51. The van der Waals surface area contributed by atoms with Crippen LogP contribution in [0, 0.1) is 5.92 Å². The van der Waals surface area contributed by atoms with E-state index in [4.69, 9.17) is 5.73 Å². The predicted octanol–water partition coefficient (Wildman–Crippen LogP) is 3.00. The predicted molar refractivity (Wildman–Crippen MR) is 80.3 cm³/mol. The van der Waals surface area contributed by atoms with Gasteiger partial charge in [0.2, 0.25) is 5.91 Å². The van der Waals surface area contributed by atoms with Gasteiger partial charge in [0.15, 0.2) is 0 Å². The maximum Gasteiger partial charge on any atom is 0.224 e. The van der Waals surface area contributed by atoms with Crippen molar-refractivity contribution >= 4 is 23.0 Å². The molecular formula is C15H23N3O. The lowest BCUT2D eigenvalue weighted by Crippen LogP contribution is -2.21. The van der Waals surface area contributed by atoms with E-state index >= 15 is 0 Å². The number of aryl methyl sites for hydroxylation is 1. The fraction of sp³-hybridized carbons (Fsp3) is 0.533. The molecule has 0 saturated carbocycles. The molecule has 4 N–H and O–H groups in total. The lowest BCUT2D eigenvalue weighted by Gasteiger charge is -2.22. The summed E-state index contributed by atoms with van der Waals surface area (Å²) in [7, 11) is 0. The van der Waals surface area contributed by atoms with Crippen molar-refractivity contribution in [3.8, 4) is 0 Å². The van der Waals surface area contributed by atoms with E-state index in [-0.39, 0.29) is 5.91 Å². The molecule has 1 atom stereocenters. The van der Waals surface area contributed by atoms with Crippen LogP contribution in [0.15, 0.2) is 12.1 Å². The fourth-order valence-electron chi connectivity index (χ4n) is 2.60. The van der Waals surface area contributed by atoms with Crippen molar-refractivity contribution in [3.63, 3.8) is 0 Å². The molecule has 2 rings (SSSR count). The number of hydrogen-bond acceptors (Lipinski definition) is 3. The number of carbonyl (C=O) groups is 1. The summed E-state index contributed by atoms with van der Waals surface area (Å²) >= 11 is 0. The molecule has 1 aliphatic rings. The maximum absolute atomic E-state index is 11.4. The summed E-state index contributed by atoms with van der Waals surface area (Å²) < 4.78 is 0. The van der Waals surface area contributed by atoms with Crippen LogP contribution in [0.4, 0.5) is 17.1 Å². The van der Waals surface area contributed by atoms with Crippen LogP contribution in [0.3, 0.4) is 0 Å². The first-order valence-electron chi connectivity index (χ1n) is 6.94. The summed E-state index contributed by atoms with van der Waals surface area (Å²) in [5.41, 5.74) is 9.74. The van der Waals surface area contributed by atoms with Gasteiger partial charge in [-0.05, 0) is 43.4 Å². The van der Waals surface area contributed by atoms with E-state index in [2.05, 4.69) is 37.5 Å². The lowest BCUT2D eigenvalue weighted by atomic mass is 10.0. The Labute approximate surface area is 114 Å². The van der Waals surface area contributed by atoms with Gasteiger partial charge in [-0.1, -0.05) is 13.8 Å². The molecule has 1 aromatic rings. The second-order valence-corrected chi connectivity index (χ2v) is 5.82. The molecule has 0 aliphatic carbocycles. The number of benzene rings is 1. The van der Waals surface area contributed by atoms with E-state index in [1.165, 1.54) is 0 Å². The van der Waals surface area contributed by atoms with Crippen molar-refractivity contribution in [3.05, 3.63) is 17.7 Å². The largest absolute Gasteiger partial charge is 0.397 e. The first-order valence-corrected chi connectivity index (χ1v) is 6.94. The van der Waals surface area contributed by atoms with Crippen LogP contribution in [0.5, 0.6) is 0 Å². The van der Waals surface area contributed by atoms with Crippen LogP contribution in [0.25, 0.3) is 0 Å². The molecule has 0 spiro atoms. The Morgan fingerprint density at radius 1 is 1.32 bits per heavy atom. The summed E-state index contributed by atoms with van der Waals surface area (Å²) in [4.78, 5) is 11.4. The SMILES string of the molecule is CC(C)CC(C)Nc1cc2c(cc1N)NC(=O)CC2. The third-order valence-electron chi connectivity index (χ3n) is 3.40. The Bertz CT molecular complexity index is 483.